The molecule has 1 aromatic heterocycles. The van der Waals surface area contributed by atoms with Gasteiger partial charge in [-0.25, -0.2) is 4.98 Å². The van der Waals surface area contributed by atoms with Crippen molar-refractivity contribution in [2.75, 3.05) is 25.6 Å². The van der Waals surface area contributed by atoms with Gasteiger partial charge in [0.2, 0.25) is 11.7 Å². The monoisotopic (exact) mass is 386 g/mol. The van der Waals surface area contributed by atoms with Crippen molar-refractivity contribution in [2.45, 2.75) is 32.1 Å². The van der Waals surface area contributed by atoms with Crippen LogP contribution in [-0.2, 0) is 17.6 Å². The Labute approximate surface area is 162 Å². The lowest BCUT2D eigenvalue weighted by atomic mass is 10.1. The molecule has 142 valence electrons. The van der Waals surface area contributed by atoms with Crippen molar-refractivity contribution in [2.24, 2.45) is 0 Å². The Kier molecular flexibility index (Phi) is 5.29. The van der Waals surface area contributed by atoms with Crippen LogP contribution >= 0.6 is 11.3 Å². The minimum absolute atomic E-state index is 0.201. The molecule has 1 N–H and O–H groups in total. The van der Waals surface area contributed by atoms with E-state index < -0.39 is 0 Å². The van der Waals surface area contributed by atoms with Crippen molar-refractivity contribution in [1.82, 2.24) is 4.98 Å². The lowest BCUT2D eigenvalue weighted by Gasteiger charge is -2.20. The normalized spacial score (nSPS) is 15.9. The van der Waals surface area contributed by atoms with E-state index in [9.17, 15) is 4.79 Å². The maximum absolute atomic E-state index is 12.3. The number of amides is 1. The van der Waals surface area contributed by atoms with Gasteiger partial charge in [-0.2, -0.15) is 0 Å². The number of fused-ring (bicyclic) bond motifs is 2. The summed E-state index contributed by atoms with van der Waals surface area (Å²) in [7, 11) is 1.58. The van der Waals surface area contributed by atoms with Crippen LogP contribution in [0.15, 0.2) is 18.2 Å². The molecule has 1 amide bonds. The lowest BCUT2D eigenvalue weighted by molar-refractivity contribution is -0.111. The molecule has 1 aliphatic heterocycles. The van der Waals surface area contributed by atoms with Crippen LogP contribution in [0.3, 0.4) is 0 Å². The first kappa shape index (κ1) is 17.9. The van der Waals surface area contributed by atoms with E-state index in [0.29, 0.717) is 35.6 Å². The van der Waals surface area contributed by atoms with Crippen LogP contribution in [0.2, 0.25) is 0 Å². The first-order chi connectivity index (χ1) is 13.2. The van der Waals surface area contributed by atoms with Gasteiger partial charge in [0.05, 0.1) is 12.8 Å². The van der Waals surface area contributed by atoms with Gasteiger partial charge in [-0.15, -0.1) is 11.3 Å². The number of ether oxygens (including phenoxy) is 3. The smallest absolute Gasteiger partial charge is 0.250 e. The van der Waals surface area contributed by atoms with E-state index in [2.05, 4.69) is 10.3 Å². The van der Waals surface area contributed by atoms with Crippen LogP contribution in [0.5, 0.6) is 17.2 Å². The van der Waals surface area contributed by atoms with Gasteiger partial charge in [0.25, 0.3) is 0 Å². The molecule has 1 aromatic carbocycles. The fraction of sp³-hybridized carbons (Fsp3) is 0.400. The zero-order valence-electron chi connectivity index (χ0n) is 15.2. The number of hydrogen-bond donors (Lipinski definition) is 1. The van der Waals surface area contributed by atoms with Crippen LogP contribution in [0, 0.1) is 0 Å². The van der Waals surface area contributed by atoms with E-state index in [4.69, 9.17) is 14.2 Å². The molecule has 0 fully saturated rings. The molecule has 1 aliphatic carbocycles. The second kappa shape index (κ2) is 8.00. The number of aromatic nitrogens is 1. The highest BCUT2D eigenvalue weighted by Crippen LogP contribution is 2.40. The highest BCUT2D eigenvalue weighted by atomic mass is 32.1. The molecule has 2 aliphatic rings. The molecule has 0 saturated heterocycles. The second-order valence-electron chi connectivity index (χ2n) is 6.52. The van der Waals surface area contributed by atoms with Crippen molar-refractivity contribution >= 4 is 28.5 Å². The van der Waals surface area contributed by atoms with Gasteiger partial charge in [-0.05, 0) is 49.5 Å². The number of aryl methyl sites for hydroxylation is 2. The van der Waals surface area contributed by atoms with Crippen LogP contribution in [0.25, 0.3) is 6.08 Å². The van der Waals surface area contributed by atoms with Crippen molar-refractivity contribution in [3.63, 3.8) is 0 Å². The Hall–Kier alpha value is -2.54. The number of carbonyl (C=O) groups excluding carboxylic acids is 1. The number of thiazole rings is 1. The highest BCUT2D eigenvalue weighted by molar-refractivity contribution is 7.15. The average Bonchev–Trinajstić information content (AvgIpc) is 2.93. The number of nitrogens with zero attached hydrogens (tertiary/aromatic N) is 1. The van der Waals surface area contributed by atoms with E-state index in [-0.39, 0.29) is 5.91 Å². The fourth-order valence-corrected chi connectivity index (χ4v) is 4.34. The molecule has 0 saturated carbocycles. The Morgan fingerprint density at radius 2 is 2.07 bits per heavy atom. The standard InChI is InChI=1S/C20H22N2O4S/c1-24-15-11-13(12-16-19(15)26-10-9-25-16)7-8-18(23)22-20-21-14-5-3-2-4-6-17(14)27-20/h7-8,11-12H,2-6,9-10H2,1H3,(H,21,22,23). The summed E-state index contributed by atoms with van der Waals surface area (Å²) in [4.78, 5) is 18.2. The van der Waals surface area contributed by atoms with Gasteiger partial charge < -0.3 is 14.2 Å². The summed E-state index contributed by atoms with van der Waals surface area (Å²) >= 11 is 1.59. The molecule has 0 bridgehead atoms. The summed E-state index contributed by atoms with van der Waals surface area (Å²) in [5, 5.41) is 3.55. The van der Waals surface area contributed by atoms with Crippen LogP contribution in [0.1, 0.15) is 35.4 Å². The summed E-state index contributed by atoms with van der Waals surface area (Å²) < 4.78 is 16.6. The third-order valence-electron chi connectivity index (χ3n) is 4.60. The fourth-order valence-electron chi connectivity index (χ4n) is 3.29. The summed E-state index contributed by atoms with van der Waals surface area (Å²) in [6.07, 6.45) is 8.94. The maximum atomic E-state index is 12.3. The predicted molar refractivity (Wildman–Crippen MR) is 105 cm³/mol. The number of benzene rings is 1. The van der Waals surface area contributed by atoms with Gasteiger partial charge in [0, 0.05) is 11.0 Å². The summed E-state index contributed by atoms with van der Waals surface area (Å²) in [6, 6.07) is 3.66. The van der Waals surface area contributed by atoms with Crippen molar-refractivity contribution in [1.29, 1.82) is 0 Å². The quantitative estimate of drug-likeness (QED) is 0.639. The third kappa shape index (κ3) is 4.08. The number of carbonyl (C=O) groups is 1. The summed E-state index contributed by atoms with van der Waals surface area (Å²) in [5.41, 5.74) is 1.95. The first-order valence-electron chi connectivity index (χ1n) is 9.18. The molecule has 2 aromatic rings. The molecular weight excluding hydrogens is 364 g/mol. The topological polar surface area (TPSA) is 69.7 Å². The molecule has 0 spiro atoms. The Morgan fingerprint density at radius 3 is 2.96 bits per heavy atom. The highest BCUT2D eigenvalue weighted by Gasteiger charge is 2.18. The predicted octanol–water partition coefficient (Wildman–Crippen LogP) is 3.84. The molecule has 7 heteroatoms. The summed E-state index contributed by atoms with van der Waals surface area (Å²) in [5.74, 6) is 1.63. The SMILES string of the molecule is COc1cc(C=CC(=O)Nc2nc3c(s2)CCCCC3)cc2c1OCCO2. The Bertz CT molecular complexity index is 834. The zero-order valence-corrected chi connectivity index (χ0v) is 16.1. The number of methoxy groups -OCH3 is 1. The van der Waals surface area contributed by atoms with Gasteiger partial charge in [0.1, 0.15) is 13.2 Å². The van der Waals surface area contributed by atoms with Gasteiger partial charge >= 0.3 is 0 Å². The molecular formula is C20H22N2O4S. The van der Waals surface area contributed by atoms with Crippen LogP contribution < -0.4 is 19.5 Å². The third-order valence-corrected chi connectivity index (χ3v) is 5.68. The maximum Gasteiger partial charge on any atom is 0.250 e. The van der Waals surface area contributed by atoms with Crippen molar-refractivity contribution in [3.8, 4) is 17.2 Å². The van der Waals surface area contributed by atoms with E-state index in [1.165, 1.54) is 30.2 Å². The minimum atomic E-state index is -0.201. The Morgan fingerprint density at radius 1 is 1.22 bits per heavy atom. The lowest BCUT2D eigenvalue weighted by Crippen LogP contribution is -2.16. The minimum Gasteiger partial charge on any atom is -0.493 e. The largest absolute Gasteiger partial charge is 0.493 e. The zero-order chi connectivity index (χ0) is 18.6. The van der Waals surface area contributed by atoms with Crippen molar-refractivity contribution in [3.05, 3.63) is 34.3 Å². The van der Waals surface area contributed by atoms with Crippen molar-refractivity contribution < 1.29 is 19.0 Å². The van der Waals surface area contributed by atoms with Crippen LogP contribution in [0.4, 0.5) is 5.13 Å². The molecule has 27 heavy (non-hydrogen) atoms. The van der Waals surface area contributed by atoms with Crippen LogP contribution in [-0.4, -0.2) is 31.2 Å². The van der Waals surface area contributed by atoms with E-state index >= 15 is 0 Å². The molecule has 0 atom stereocenters. The number of anilines is 1. The molecule has 4 rings (SSSR count). The average molecular weight is 386 g/mol. The van der Waals surface area contributed by atoms with Gasteiger partial charge in [-0.3, -0.25) is 10.1 Å². The molecule has 0 unspecified atom stereocenters. The number of nitrogens with one attached hydrogen (secondary N) is 1. The summed E-state index contributed by atoms with van der Waals surface area (Å²) in [6.45, 7) is 0.997. The molecule has 6 nitrogen and oxygen atoms in total. The van der Waals surface area contributed by atoms with Gasteiger partial charge in [0.15, 0.2) is 16.6 Å². The number of rotatable bonds is 4. The first-order valence-corrected chi connectivity index (χ1v) is 10.00. The molecule has 0 radical (unpaired) electrons. The van der Waals surface area contributed by atoms with Gasteiger partial charge in [-0.1, -0.05) is 6.42 Å². The van der Waals surface area contributed by atoms with E-state index in [1.54, 1.807) is 24.5 Å². The number of hydrogen-bond acceptors (Lipinski definition) is 6. The Balaban J connectivity index is 1.46. The second-order valence-corrected chi connectivity index (χ2v) is 7.60. The van der Waals surface area contributed by atoms with E-state index in [0.717, 1.165) is 24.1 Å². The molecule has 2 heterocycles. The van der Waals surface area contributed by atoms with E-state index in [1.807, 2.05) is 12.1 Å².